The van der Waals surface area contributed by atoms with Crippen molar-refractivity contribution in [3.8, 4) is 0 Å². The Labute approximate surface area is 124 Å². The molecule has 112 valence electrons. The van der Waals surface area contributed by atoms with Crippen molar-refractivity contribution in [2.75, 3.05) is 13.1 Å². The smallest absolute Gasteiger partial charge is 0.303 e. The van der Waals surface area contributed by atoms with Gasteiger partial charge in [0, 0.05) is 19.0 Å². The molecule has 2 aliphatic rings. The maximum absolute atomic E-state index is 13.0. The molecule has 21 heavy (non-hydrogen) atoms. The topological polar surface area (TPSA) is 57.6 Å². The van der Waals surface area contributed by atoms with E-state index < -0.39 is 5.97 Å². The quantitative estimate of drug-likeness (QED) is 0.925. The Morgan fingerprint density at radius 3 is 2.33 bits per heavy atom. The van der Waals surface area contributed by atoms with Gasteiger partial charge in [0.1, 0.15) is 0 Å². The SMILES string of the molecule is O=C(O)CC1CN(C(=O)C2(c3ccccc3)CCCC2)C1. The predicted molar refractivity (Wildman–Crippen MR) is 78.9 cm³/mol. The van der Waals surface area contributed by atoms with Gasteiger partial charge in [-0.05, 0) is 18.4 Å². The lowest BCUT2D eigenvalue weighted by Crippen LogP contribution is -2.56. The largest absolute Gasteiger partial charge is 0.481 e. The number of carboxylic acids is 1. The van der Waals surface area contributed by atoms with Crippen molar-refractivity contribution in [1.29, 1.82) is 0 Å². The summed E-state index contributed by atoms with van der Waals surface area (Å²) < 4.78 is 0. The lowest BCUT2D eigenvalue weighted by atomic mass is 9.76. The van der Waals surface area contributed by atoms with E-state index in [1.807, 2.05) is 23.1 Å². The monoisotopic (exact) mass is 287 g/mol. The molecular weight excluding hydrogens is 266 g/mol. The zero-order valence-electron chi connectivity index (χ0n) is 12.1. The normalized spacial score (nSPS) is 21.0. The van der Waals surface area contributed by atoms with Crippen LogP contribution >= 0.6 is 0 Å². The number of hydrogen-bond acceptors (Lipinski definition) is 2. The van der Waals surface area contributed by atoms with Gasteiger partial charge in [-0.3, -0.25) is 9.59 Å². The molecule has 1 saturated carbocycles. The highest BCUT2D eigenvalue weighted by atomic mass is 16.4. The van der Waals surface area contributed by atoms with E-state index >= 15 is 0 Å². The van der Waals surface area contributed by atoms with Crippen LogP contribution in [0.5, 0.6) is 0 Å². The molecule has 1 heterocycles. The third-order valence-corrected chi connectivity index (χ3v) is 4.90. The third-order valence-electron chi connectivity index (χ3n) is 4.90. The summed E-state index contributed by atoms with van der Waals surface area (Å²) in [6.45, 7) is 1.19. The molecule has 2 fully saturated rings. The molecule has 0 spiro atoms. The van der Waals surface area contributed by atoms with Gasteiger partial charge in [0.05, 0.1) is 11.8 Å². The standard InChI is InChI=1S/C17H21NO3/c19-15(20)10-13-11-18(12-13)16(21)17(8-4-5-9-17)14-6-2-1-3-7-14/h1-3,6-7,13H,4-5,8-12H2,(H,19,20). The fourth-order valence-corrected chi connectivity index (χ4v) is 3.78. The average molecular weight is 287 g/mol. The summed E-state index contributed by atoms with van der Waals surface area (Å²) in [7, 11) is 0. The first kappa shape index (κ1) is 14.1. The minimum atomic E-state index is -0.772. The maximum Gasteiger partial charge on any atom is 0.303 e. The van der Waals surface area contributed by atoms with Crippen LogP contribution in [0.4, 0.5) is 0 Å². The van der Waals surface area contributed by atoms with Crippen molar-refractivity contribution in [3.05, 3.63) is 35.9 Å². The van der Waals surface area contributed by atoms with Gasteiger partial charge < -0.3 is 10.0 Å². The highest BCUT2D eigenvalue weighted by molar-refractivity contribution is 5.89. The summed E-state index contributed by atoms with van der Waals surface area (Å²) in [4.78, 5) is 25.5. The van der Waals surface area contributed by atoms with Crippen LogP contribution in [0.15, 0.2) is 30.3 Å². The fourth-order valence-electron chi connectivity index (χ4n) is 3.78. The van der Waals surface area contributed by atoms with Crippen LogP contribution in [-0.2, 0) is 15.0 Å². The summed E-state index contributed by atoms with van der Waals surface area (Å²) in [5.41, 5.74) is 0.754. The lowest BCUT2D eigenvalue weighted by Gasteiger charge is -2.44. The van der Waals surface area contributed by atoms with Crippen LogP contribution in [-0.4, -0.2) is 35.0 Å². The second-order valence-corrected chi connectivity index (χ2v) is 6.33. The van der Waals surface area contributed by atoms with Crippen LogP contribution in [0.3, 0.4) is 0 Å². The molecule has 0 unspecified atom stereocenters. The molecule has 0 atom stereocenters. The van der Waals surface area contributed by atoms with Gasteiger partial charge in [0.25, 0.3) is 0 Å². The zero-order valence-corrected chi connectivity index (χ0v) is 12.1. The molecule has 0 bridgehead atoms. The van der Waals surface area contributed by atoms with Gasteiger partial charge in [0.15, 0.2) is 0 Å². The number of nitrogens with zero attached hydrogens (tertiary/aromatic N) is 1. The fraction of sp³-hybridized carbons (Fsp3) is 0.529. The Hall–Kier alpha value is -1.84. The van der Waals surface area contributed by atoms with Crippen LogP contribution in [0.1, 0.15) is 37.7 Å². The van der Waals surface area contributed by atoms with Crippen LogP contribution in [0.2, 0.25) is 0 Å². The van der Waals surface area contributed by atoms with Crippen molar-refractivity contribution < 1.29 is 14.7 Å². The molecule has 0 radical (unpaired) electrons. The minimum absolute atomic E-state index is 0.126. The number of carbonyl (C=O) groups excluding carboxylic acids is 1. The second-order valence-electron chi connectivity index (χ2n) is 6.33. The number of carboxylic acid groups (broad SMARTS) is 1. The average Bonchev–Trinajstić information content (AvgIpc) is 2.93. The van der Waals surface area contributed by atoms with E-state index in [1.54, 1.807) is 0 Å². The number of aliphatic carboxylic acids is 1. The van der Waals surface area contributed by atoms with Crippen LogP contribution in [0, 0.1) is 5.92 Å². The van der Waals surface area contributed by atoms with Crippen molar-refractivity contribution in [1.82, 2.24) is 4.90 Å². The van der Waals surface area contributed by atoms with E-state index in [0.717, 1.165) is 31.2 Å². The van der Waals surface area contributed by atoms with E-state index in [-0.39, 0.29) is 23.7 Å². The van der Waals surface area contributed by atoms with E-state index in [0.29, 0.717) is 13.1 Å². The molecular formula is C17H21NO3. The summed E-state index contributed by atoms with van der Waals surface area (Å²) in [6.07, 6.45) is 4.17. The van der Waals surface area contributed by atoms with Crippen molar-refractivity contribution in [3.63, 3.8) is 0 Å². The predicted octanol–water partition coefficient (Wildman–Crippen LogP) is 2.43. The first-order valence-electron chi connectivity index (χ1n) is 7.68. The van der Waals surface area contributed by atoms with Crippen molar-refractivity contribution in [2.45, 2.75) is 37.5 Å². The molecule has 1 aliphatic heterocycles. The molecule has 1 amide bonds. The Bertz CT molecular complexity index is 528. The van der Waals surface area contributed by atoms with E-state index in [4.69, 9.17) is 5.11 Å². The summed E-state index contributed by atoms with van der Waals surface area (Å²) in [5, 5.41) is 8.81. The molecule has 0 aromatic heterocycles. The number of likely N-dealkylation sites (tertiary alicyclic amines) is 1. The Balaban J connectivity index is 1.74. The maximum atomic E-state index is 13.0. The Morgan fingerprint density at radius 1 is 1.14 bits per heavy atom. The summed E-state index contributed by atoms with van der Waals surface area (Å²) >= 11 is 0. The minimum Gasteiger partial charge on any atom is -0.481 e. The van der Waals surface area contributed by atoms with Gasteiger partial charge in [-0.2, -0.15) is 0 Å². The third kappa shape index (κ3) is 2.55. The molecule has 3 rings (SSSR count). The first-order chi connectivity index (χ1) is 10.1. The van der Waals surface area contributed by atoms with Crippen LogP contribution in [0.25, 0.3) is 0 Å². The Morgan fingerprint density at radius 2 is 1.76 bits per heavy atom. The van der Waals surface area contributed by atoms with Crippen LogP contribution < -0.4 is 0 Å². The highest BCUT2D eigenvalue weighted by Crippen LogP contribution is 2.43. The van der Waals surface area contributed by atoms with Gasteiger partial charge in [-0.1, -0.05) is 43.2 Å². The first-order valence-corrected chi connectivity index (χ1v) is 7.68. The summed E-state index contributed by atoms with van der Waals surface area (Å²) in [5.74, 6) is -0.445. The second kappa shape index (κ2) is 5.51. The number of carbonyl (C=O) groups is 2. The number of amides is 1. The number of hydrogen-bond donors (Lipinski definition) is 1. The lowest BCUT2D eigenvalue weighted by molar-refractivity contribution is -0.148. The van der Waals surface area contributed by atoms with Gasteiger partial charge in [-0.25, -0.2) is 0 Å². The molecule has 4 heteroatoms. The van der Waals surface area contributed by atoms with E-state index in [1.165, 1.54) is 0 Å². The number of benzene rings is 1. The zero-order chi connectivity index (χ0) is 14.9. The van der Waals surface area contributed by atoms with Crippen molar-refractivity contribution in [2.24, 2.45) is 5.92 Å². The summed E-state index contributed by atoms with van der Waals surface area (Å²) in [6, 6.07) is 10.1. The van der Waals surface area contributed by atoms with E-state index in [2.05, 4.69) is 12.1 Å². The van der Waals surface area contributed by atoms with E-state index in [9.17, 15) is 9.59 Å². The molecule has 1 N–H and O–H groups in total. The molecule has 1 aromatic rings. The number of rotatable bonds is 4. The van der Waals surface area contributed by atoms with Gasteiger partial charge >= 0.3 is 5.97 Å². The molecule has 1 aromatic carbocycles. The van der Waals surface area contributed by atoms with Crippen molar-refractivity contribution >= 4 is 11.9 Å². The molecule has 1 aliphatic carbocycles. The Kier molecular flexibility index (Phi) is 3.70. The molecule has 1 saturated heterocycles. The highest BCUT2D eigenvalue weighted by Gasteiger charge is 2.47. The molecule has 4 nitrogen and oxygen atoms in total. The van der Waals surface area contributed by atoms with Gasteiger partial charge in [-0.15, -0.1) is 0 Å². The van der Waals surface area contributed by atoms with Gasteiger partial charge in [0.2, 0.25) is 5.91 Å².